The molecule has 2 aromatic rings. The lowest BCUT2D eigenvalue weighted by Gasteiger charge is -2.26. The van der Waals surface area contributed by atoms with E-state index in [-0.39, 0.29) is 28.3 Å². The highest BCUT2D eigenvalue weighted by molar-refractivity contribution is 8.93. The Labute approximate surface area is 284 Å². The topological polar surface area (TPSA) is 32.8 Å². The average molecular weight is 688 g/mol. The number of rotatable bonds is 19. The fourth-order valence-corrected chi connectivity index (χ4v) is 6.46. The Bertz CT molecular complexity index is 1140. The zero-order valence-corrected chi connectivity index (χ0v) is 31.0. The second kappa shape index (κ2) is 20.3. The molecule has 2 aromatic carbocycles. The number of unbranched alkanes of at least 4 members (excludes halogenated alkanes) is 11. The van der Waals surface area contributed by atoms with Crippen LogP contribution in [0, 0.1) is 0 Å². The SMILES string of the molecule is Br.CCCCCCCCCCCCCCOc1ccc(CN(C(C)=O)c2ccc(CN3C=C(C)SC3)cc2)cc1C(C)(C)C. The first kappa shape index (κ1) is 38.3. The summed E-state index contributed by atoms with van der Waals surface area (Å²) in [6.45, 7) is 15.0. The second-order valence-electron chi connectivity index (χ2n) is 13.3. The van der Waals surface area contributed by atoms with Crippen molar-refractivity contribution >= 4 is 40.3 Å². The van der Waals surface area contributed by atoms with Gasteiger partial charge in [-0.3, -0.25) is 4.79 Å². The molecule has 0 saturated carbocycles. The van der Waals surface area contributed by atoms with Gasteiger partial charge in [0.25, 0.3) is 0 Å². The van der Waals surface area contributed by atoms with Crippen molar-refractivity contribution < 1.29 is 9.53 Å². The van der Waals surface area contributed by atoms with Gasteiger partial charge in [-0.1, -0.05) is 117 Å². The van der Waals surface area contributed by atoms with Crippen LogP contribution < -0.4 is 9.64 Å². The first-order valence-corrected chi connectivity index (χ1v) is 17.8. The van der Waals surface area contributed by atoms with Gasteiger partial charge in [-0.2, -0.15) is 0 Å². The molecule has 0 N–H and O–H groups in total. The van der Waals surface area contributed by atoms with Crippen LogP contribution in [-0.4, -0.2) is 23.3 Å². The van der Waals surface area contributed by atoms with Crippen molar-refractivity contribution in [2.45, 2.75) is 137 Å². The average Bonchev–Trinajstić information content (AvgIpc) is 3.38. The fourth-order valence-electron chi connectivity index (χ4n) is 5.70. The van der Waals surface area contributed by atoms with E-state index in [0.717, 1.165) is 42.4 Å². The number of carbonyl (C=O) groups excluding carboxylic acids is 1. The van der Waals surface area contributed by atoms with Crippen molar-refractivity contribution in [2.24, 2.45) is 0 Å². The quantitative estimate of drug-likeness (QED) is 0.138. The van der Waals surface area contributed by atoms with Crippen molar-refractivity contribution in [2.75, 3.05) is 17.4 Å². The molecular formula is C38H59BrN2O2S. The van der Waals surface area contributed by atoms with Crippen LogP contribution in [0.15, 0.2) is 53.6 Å². The maximum absolute atomic E-state index is 12.7. The Morgan fingerprint density at radius 2 is 1.43 bits per heavy atom. The van der Waals surface area contributed by atoms with E-state index < -0.39 is 0 Å². The van der Waals surface area contributed by atoms with Crippen LogP contribution in [-0.2, 0) is 23.3 Å². The van der Waals surface area contributed by atoms with Crippen LogP contribution in [0.25, 0.3) is 0 Å². The molecule has 0 unspecified atom stereocenters. The van der Waals surface area contributed by atoms with Gasteiger partial charge in [0, 0.05) is 25.4 Å². The first-order valence-electron chi connectivity index (χ1n) is 16.9. The third-order valence-corrected chi connectivity index (χ3v) is 9.31. The maximum atomic E-state index is 12.7. The van der Waals surface area contributed by atoms with E-state index in [0.29, 0.717) is 6.54 Å². The summed E-state index contributed by atoms with van der Waals surface area (Å²) in [5, 5.41) is 0. The van der Waals surface area contributed by atoms with Gasteiger partial charge in [-0.05, 0) is 64.6 Å². The Morgan fingerprint density at radius 3 is 1.95 bits per heavy atom. The molecular weight excluding hydrogens is 628 g/mol. The zero-order valence-electron chi connectivity index (χ0n) is 28.5. The molecule has 4 nitrogen and oxygen atoms in total. The van der Waals surface area contributed by atoms with Crippen LogP contribution in [0.2, 0.25) is 0 Å². The third kappa shape index (κ3) is 13.6. The van der Waals surface area contributed by atoms with Crippen LogP contribution in [0.5, 0.6) is 5.75 Å². The predicted octanol–water partition coefficient (Wildman–Crippen LogP) is 11.6. The van der Waals surface area contributed by atoms with E-state index in [9.17, 15) is 4.79 Å². The van der Waals surface area contributed by atoms with E-state index in [1.54, 1.807) is 6.92 Å². The second-order valence-corrected chi connectivity index (χ2v) is 14.5. The molecule has 6 heteroatoms. The van der Waals surface area contributed by atoms with Gasteiger partial charge in [0.2, 0.25) is 5.91 Å². The minimum Gasteiger partial charge on any atom is -0.493 e. The number of anilines is 1. The molecule has 0 atom stereocenters. The summed E-state index contributed by atoms with van der Waals surface area (Å²) in [5.74, 6) is 2.02. The monoisotopic (exact) mass is 686 g/mol. The van der Waals surface area contributed by atoms with Crippen molar-refractivity contribution in [1.82, 2.24) is 4.90 Å². The number of nitrogens with zero attached hydrogens (tertiary/aromatic N) is 2. The Morgan fingerprint density at radius 1 is 0.864 bits per heavy atom. The van der Waals surface area contributed by atoms with E-state index in [2.05, 4.69) is 88.2 Å². The molecule has 0 aromatic heterocycles. The van der Waals surface area contributed by atoms with E-state index in [1.807, 2.05) is 16.7 Å². The number of thioether (sulfide) groups is 1. The lowest BCUT2D eigenvalue weighted by atomic mass is 9.85. The molecule has 0 saturated heterocycles. The van der Waals surface area contributed by atoms with Crippen molar-refractivity contribution in [3.8, 4) is 5.75 Å². The highest BCUT2D eigenvalue weighted by Gasteiger charge is 2.21. The number of allylic oxidation sites excluding steroid dienone is 1. The molecule has 0 fully saturated rings. The highest BCUT2D eigenvalue weighted by atomic mass is 79.9. The van der Waals surface area contributed by atoms with Crippen LogP contribution in [0.3, 0.4) is 0 Å². The predicted molar refractivity (Wildman–Crippen MR) is 197 cm³/mol. The number of hydrogen-bond donors (Lipinski definition) is 0. The van der Waals surface area contributed by atoms with Gasteiger partial charge in [0.1, 0.15) is 5.75 Å². The summed E-state index contributed by atoms with van der Waals surface area (Å²) in [7, 11) is 0. The molecule has 1 heterocycles. The number of carbonyl (C=O) groups is 1. The van der Waals surface area contributed by atoms with E-state index >= 15 is 0 Å². The van der Waals surface area contributed by atoms with Crippen molar-refractivity contribution in [1.29, 1.82) is 0 Å². The Hall–Kier alpha value is -1.92. The van der Waals surface area contributed by atoms with Gasteiger partial charge in [0.05, 0.1) is 19.0 Å². The summed E-state index contributed by atoms with van der Waals surface area (Å²) < 4.78 is 6.33. The molecule has 0 bridgehead atoms. The van der Waals surface area contributed by atoms with Crippen molar-refractivity contribution in [3.63, 3.8) is 0 Å². The Balaban J connectivity index is 0.00000675. The van der Waals surface area contributed by atoms with Gasteiger partial charge >= 0.3 is 0 Å². The first-order chi connectivity index (χ1) is 20.7. The lowest BCUT2D eigenvalue weighted by Crippen LogP contribution is -2.28. The highest BCUT2D eigenvalue weighted by Crippen LogP contribution is 2.33. The molecule has 1 amide bonds. The number of amides is 1. The smallest absolute Gasteiger partial charge is 0.224 e. The van der Waals surface area contributed by atoms with Crippen LogP contribution in [0.4, 0.5) is 5.69 Å². The Kier molecular flexibility index (Phi) is 17.6. The van der Waals surface area contributed by atoms with E-state index in [1.165, 1.54) is 86.7 Å². The summed E-state index contributed by atoms with van der Waals surface area (Å²) in [6, 6.07) is 14.9. The summed E-state index contributed by atoms with van der Waals surface area (Å²) in [5.41, 5.74) is 4.46. The van der Waals surface area contributed by atoms with Gasteiger partial charge in [-0.15, -0.1) is 28.7 Å². The zero-order chi connectivity index (χ0) is 31.1. The standard InChI is InChI=1S/C38H58N2O2S.BrH/c1-7-8-9-10-11-12-13-14-15-16-17-18-25-42-37-24-21-34(26-36(37)38(4,5)6)29-40(32(3)41)35-22-19-33(20-23-35)28-39-27-31(2)43-30-39;/h19-24,26-27H,7-18,25,28-30H2,1-6H3;1H. The number of ether oxygens (including phenoxy) is 1. The summed E-state index contributed by atoms with van der Waals surface area (Å²) in [6.07, 6.45) is 18.4. The molecule has 1 aliphatic rings. The molecule has 0 radical (unpaired) electrons. The largest absolute Gasteiger partial charge is 0.493 e. The molecule has 44 heavy (non-hydrogen) atoms. The minimum absolute atomic E-state index is 0. The number of benzene rings is 2. The minimum atomic E-state index is -0.0504. The fraction of sp³-hybridized carbons (Fsp3) is 0.605. The van der Waals surface area contributed by atoms with Crippen LogP contribution in [0.1, 0.15) is 135 Å². The lowest BCUT2D eigenvalue weighted by molar-refractivity contribution is -0.116. The summed E-state index contributed by atoms with van der Waals surface area (Å²) >= 11 is 1.88. The summed E-state index contributed by atoms with van der Waals surface area (Å²) in [4.78, 5) is 18.3. The molecule has 3 rings (SSSR count). The molecule has 0 spiro atoms. The van der Waals surface area contributed by atoms with E-state index in [4.69, 9.17) is 4.74 Å². The van der Waals surface area contributed by atoms with Gasteiger partial charge < -0.3 is 14.5 Å². The molecule has 1 aliphatic heterocycles. The van der Waals surface area contributed by atoms with Crippen molar-refractivity contribution in [3.05, 3.63) is 70.3 Å². The number of hydrogen-bond acceptors (Lipinski definition) is 4. The third-order valence-electron chi connectivity index (χ3n) is 8.28. The van der Waals surface area contributed by atoms with Gasteiger partial charge in [-0.25, -0.2) is 0 Å². The normalized spacial score (nSPS) is 13.0. The number of halogens is 1. The maximum Gasteiger partial charge on any atom is 0.224 e. The molecule has 0 aliphatic carbocycles. The van der Waals surface area contributed by atoms with Gasteiger partial charge in [0.15, 0.2) is 0 Å². The molecule has 246 valence electrons. The van der Waals surface area contributed by atoms with Crippen LogP contribution >= 0.6 is 28.7 Å².